The van der Waals surface area contributed by atoms with Gasteiger partial charge >= 0.3 is 0 Å². The molecule has 1 aliphatic heterocycles. The number of pyridine rings is 1. The molecule has 0 unspecified atom stereocenters. The van der Waals surface area contributed by atoms with Gasteiger partial charge in [0, 0.05) is 23.0 Å². The number of aryl methyl sites for hydroxylation is 1. The van der Waals surface area contributed by atoms with E-state index in [9.17, 15) is 19.6 Å². The SMILES string of the molecule is CC(=O)c1cc(C#N)c(SCC(=O)Nc2ccccc2C(=O)Nc2ccc3c(c2)OCO3)nc1C. The first-order valence-electron chi connectivity index (χ1n) is 10.5. The first-order chi connectivity index (χ1) is 16.9. The second kappa shape index (κ2) is 10.3. The predicted molar refractivity (Wildman–Crippen MR) is 130 cm³/mol. The van der Waals surface area contributed by atoms with E-state index in [2.05, 4.69) is 15.6 Å². The third kappa shape index (κ3) is 5.42. The number of Topliss-reactive ketones (excluding diaryl/α,β-unsaturated/α-hetero) is 1. The van der Waals surface area contributed by atoms with Crippen molar-refractivity contribution in [2.24, 2.45) is 0 Å². The fourth-order valence-corrected chi connectivity index (χ4v) is 4.21. The van der Waals surface area contributed by atoms with Crippen molar-refractivity contribution >= 4 is 40.7 Å². The maximum absolute atomic E-state index is 12.9. The summed E-state index contributed by atoms with van der Waals surface area (Å²) in [5.41, 5.74) is 2.23. The van der Waals surface area contributed by atoms with Crippen molar-refractivity contribution in [3.05, 3.63) is 70.9 Å². The molecule has 0 bridgehead atoms. The summed E-state index contributed by atoms with van der Waals surface area (Å²) in [7, 11) is 0. The Morgan fingerprint density at radius 3 is 2.60 bits per heavy atom. The van der Waals surface area contributed by atoms with Gasteiger partial charge in [-0.15, -0.1) is 0 Å². The van der Waals surface area contributed by atoms with Crippen LogP contribution in [0.4, 0.5) is 11.4 Å². The summed E-state index contributed by atoms with van der Waals surface area (Å²) in [6.45, 7) is 3.22. The van der Waals surface area contributed by atoms with Gasteiger partial charge in [-0.25, -0.2) is 4.98 Å². The van der Waals surface area contributed by atoms with E-state index in [0.29, 0.717) is 39.2 Å². The Morgan fingerprint density at radius 1 is 1.06 bits per heavy atom. The summed E-state index contributed by atoms with van der Waals surface area (Å²) in [6.07, 6.45) is 0. The number of anilines is 2. The van der Waals surface area contributed by atoms with Crippen molar-refractivity contribution in [2.45, 2.75) is 18.9 Å². The summed E-state index contributed by atoms with van der Waals surface area (Å²) >= 11 is 1.08. The topological polar surface area (TPSA) is 130 Å². The molecule has 0 spiro atoms. The fraction of sp³-hybridized carbons (Fsp3) is 0.160. The highest BCUT2D eigenvalue weighted by Gasteiger charge is 2.18. The number of para-hydroxylation sites is 1. The Hall–Kier alpha value is -4.36. The number of benzene rings is 2. The molecule has 1 aromatic heterocycles. The number of amides is 2. The molecule has 0 radical (unpaired) electrons. The molecule has 1 aliphatic rings. The van der Waals surface area contributed by atoms with Gasteiger partial charge in [-0.2, -0.15) is 5.26 Å². The predicted octanol–water partition coefficient (Wildman–Crippen LogP) is 4.18. The molecule has 0 fully saturated rings. The monoisotopic (exact) mass is 488 g/mol. The van der Waals surface area contributed by atoms with Crippen molar-refractivity contribution in [3.8, 4) is 17.6 Å². The van der Waals surface area contributed by atoms with Gasteiger partial charge in [-0.3, -0.25) is 14.4 Å². The molecule has 2 heterocycles. The number of nitriles is 1. The first-order valence-corrected chi connectivity index (χ1v) is 11.5. The largest absolute Gasteiger partial charge is 0.454 e. The number of rotatable bonds is 7. The second-order valence-corrected chi connectivity index (χ2v) is 8.51. The number of carbonyl (C=O) groups excluding carboxylic acids is 3. The lowest BCUT2D eigenvalue weighted by Crippen LogP contribution is -2.19. The molecule has 3 aromatic rings. The number of ketones is 1. The van der Waals surface area contributed by atoms with Crippen LogP contribution in [0.15, 0.2) is 53.6 Å². The van der Waals surface area contributed by atoms with Gasteiger partial charge < -0.3 is 20.1 Å². The average Bonchev–Trinajstić information content (AvgIpc) is 3.31. The van der Waals surface area contributed by atoms with E-state index >= 15 is 0 Å². The highest BCUT2D eigenvalue weighted by molar-refractivity contribution is 8.00. The fourth-order valence-electron chi connectivity index (χ4n) is 3.41. The number of fused-ring (bicyclic) bond motifs is 1. The minimum atomic E-state index is -0.406. The highest BCUT2D eigenvalue weighted by Crippen LogP contribution is 2.34. The van der Waals surface area contributed by atoms with Crippen molar-refractivity contribution in [2.75, 3.05) is 23.2 Å². The van der Waals surface area contributed by atoms with Gasteiger partial charge in [0.25, 0.3) is 5.91 Å². The molecule has 35 heavy (non-hydrogen) atoms. The van der Waals surface area contributed by atoms with Crippen LogP contribution in [0.5, 0.6) is 11.5 Å². The zero-order chi connectivity index (χ0) is 24.9. The normalized spacial score (nSPS) is 11.5. The molecule has 9 nitrogen and oxygen atoms in total. The van der Waals surface area contributed by atoms with E-state index in [1.54, 1.807) is 49.4 Å². The van der Waals surface area contributed by atoms with Crippen molar-refractivity contribution in [1.29, 1.82) is 5.26 Å². The molecular weight excluding hydrogens is 468 g/mol. The zero-order valence-electron chi connectivity index (χ0n) is 18.9. The van der Waals surface area contributed by atoms with Gasteiger partial charge in [-0.05, 0) is 44.2 Å². The Bertz CT molecular complexity index is 1380. The van der Waals surface area contributed by atoms with Gasteiger partial charge in [0.15, 0.2) is 17.3 Å². The maximum Gasteiger partial charge on any atom is 0.257 e. The van der Waals surface area contributed by atoms with Crippen LogP contribution in [-0.4, -0.2) is 35.1 Å². The van der Waals surface area contributed by atoms with Crippen molar-refractivity contribution < 1.29 is 23.9 Å². The summed E-state index contributed by atoms with van der Waals surface area (Å²) in [6, 6.07) is 15.2. The molecule has 176 valence electrons. The Morgan fingerprint density at radius 2 is 1.83 bits per heavy atom. The first kappa shape index (κ1) is 23.8. The van der Waals surface area contributed by atoms with Crippen molar-refractivity contribution in [1.82, 2.24) is 4.98 Å². The van der Waals surface area contributed by atoms with E-state index < -0.39 is 5.91 Å². The molecule has 4 rings (SSSR count). The van der Waals surface area contributed by atoms with Crippen LogP contribution in [0.1, 0.15) is 38.9 Å². The number of carbonyl (C=O) groups is 3. The zero-order valence-corrected chi connectivity index (χ0v) is 19.7. The van der Waals surface area contributed by atoms with Gasteiger partial charge in [0.05, 0.1) is 22.6 Å². The molecule has 0 atom stereocenters. The lowest BCUT2D eigenvalue weighted by atomic mass is 10.1. The number of aromatic nitrogens is 1. The number of nitrogens with one attached hydrogen (secondary N) is 2. The third-order valence-electron chi connectivity index (χ3n) is 5.09. The Balaban J connectivity index is 1.44. The number of thioether (sulfide) groups is 1. The quantitative estimate of drug-likeness (QED) is 0.374. The summed E-state index contributed by atoms with van der Waals surface area (Å²) in [4.78, 5) is 41.6. The van der Waals surface area contributed by atoms with Gasteiger partial charge in [0.1, 0.15) is 11.1 Å². The van der Waals surface area contributed by atoms with Crippen LogP contribution in [-0.2, 0) is 4.79 Å². The minimum Gasteiger partial charge on any atom is -0.454 e. The number of hydrogen-bond acceptors (Lipinski definition) is 8. The number of nitrogens with zero attached hydrogens (tertiary/aromatic N) is 2. The van der Waals surface area contributed by atoms with E-state index in [1.165, 1.54) is 13.0 Å². The van der Waals surface area contributed by atoms with E-state index in [4.69, 9.17) is 9.47 Å². The standard InChI is InChI=1S/C25H20N4O5S/c1-14-19(15(2)30)9-16(11-26)25(27-14)35-12-23(31)29-20-6-4-3-5-18(20)24(32)28-17-7-8-21-22(10-17)34-13-33-21/h3-10H,12-13H2,1-2H3,(H,28,32)(H,29,31). The maximum atomic E-state index is 12.9. The molecule has 2 N–H and O–H groups in total. The number of hydrogen-bond donors (Lipinski definition) is 2. The van der Waals surface area contributed by atoms with Crippen molar-refractivity contribution in [3.63, 3.8) is 0 Å². The average molecular weight is 489 g/mol. The molecule has 10 heteroatoms. The van der Waals surface area contributed by atoms with E-state index in [0.717, 1.165) is 11.8 Å². The molecule has 2 aromatic carbocycles. The van der Waals surface area contributed by atoms with E-state index in [-0.39, 0.29) is 35.4 Å². The van der Waals surface area contributed by atoms with Crippen LogP contribution in [0.3, 0.4) is 0 Å². The third-order valence-corrected chi connectivity index (χ3v) is 6.09. The highest BCUT2D eigenvalue weighted by atomic mass is 32.2. The van der Waals surface area contributed by atoms with Gasteiger partial charge in [-0.1, -0.05) is 23.9 Å². The number of ether oxygens (including phenoxy) is 2. The molecule has 0 saturated heterocycles. The molecule has 0 aliphatic carbocycles. The lowest BCUT2D eigenvalue weighted by molar-refractivity contribution is -0.113. The molecular formula is C25H20N4O5S. The summed E-state index contributed by atoms with van der Waals surface area (Å²) in [5, 5.41) is 15.3. The second-order valence-electron chi connectivity index (χ2n) is 7.55. The minimum absolute atomic E-state index is 0.0430. The molecule has 2 amide bonds. The van der Waals surface area contributed by atoms with E-state index in [1.807, 2.05) is 6.07 Å². The van der Waals surface area contributed by atoms with Crippen LogP contribution >= 0.6 is 11.8 Å². The van der Waals surface area contributed by atoms with Crippen LogP contribution in [0, 0.1) is 18.3 Å². The Labute approximate surface area is 205 Å². The van der Waals surface area contributed by atoms with Crippen LogP contribution in [0.25, 0.3) is 0 Å². The van der Waals surface area contributed by atoms with Crippen LogP contribution < -0.4 is 20.1 Å². The summed E-state index contributed by atoms with van der Waals surface area (Å²) < 4.78 is 10.6. The smallest absolute Gasteiger partial charge is 0.257 e. The summed E-state index contributed by atoms with van der Waals surface area (Å²) in [5.74, 6) is 0.135. The lowest BCUT2D eigenvalue weighted by Gasteiger charge is -2.12. The Kier molecular flexibility index (Phi) is 6.98. The van der Waals surface area contributed by atoms with Crippen LogP contribution in [0.2, 0.25) is 0 Å². The molecule has 0 saturated carbocycles. The van der Waals surface area contributed by atoms with Gasteiger partial charge in [0.2, 0.25) is 12.7 Å².